The largest absolute Gasteiger partial charge is 0.478 e. The van der Waals surface area contributed by atoms with Crippen molar-refractivity contribution in [2.45, 2.75) is 0 Å². The molecule has 0 atom stereocenters. The van der Waals surface area contributed by atoms with Crippen molar-refractivity contribution in [1.82, 2.24) is 4.98 Å². The molecule has 1 aromatic heterocycles. The van der Waals surface area contributed by atoms with E-state index in [-0.39, 0.29) is 22.8 Å². The lowest BCUT2D eigenvalue weighted by molar-refractivity contribution is 0.0698. The van der Waals surface area contributed by atoms with Crippen molar-refractivity contribution in [1.29, 1.82) is 0 Å². The number of pyridine rings is 1. The van der Waals surface area contributed by atoms with Gasteiger partial charge in [0.15, 0.2) is 0 Å². The maximum atomic E-state index is 13.7. The van der Waals surface area contributed by atoms with E-state index in [2.05, 4.69) is 26.2 Å². The van der Waals surface area contributed by atoms with Crippen LogP contribution in [0.25, 0.3) is 0 Å². The summed E-state index contributed by atoms with van der Waals surface area (Å²) in [7, 11) is 0. The van der Waals surface area contributed by atoms with Crippen LogP contribution in [0.3, 0.4) is 0 Å². The number of nitrogens with zero attached hydrogens (tertiary/aromatic N) is 1. The molecule has 7 heteroatoms. The first-order chi connectivity index (χ1) is 8.99. The Labute approximate surface area is 116 Å². The normalized spacial score (nSPS) is 10.2. The Hall–Kier alpha value is -2.15. The van der Waals surface area contributed by atoms with E-state index in [0.717, 1.165) is 0 Å². The second-order valence-electron chi connectivity index (χ2n) is 3.68. The van der Waals surface area contributed by atoms with Crippen LogP contribution in [0, 0.1) is 5.82 Å². The molecular formula is C12H9BrFN3O2. The molecule has 98 valence electrons. The molecule has 0 spiro atoms. The molecule has 1 aromatic carbocycles. The number of hydrogen-bond acceptors (Lipinski definition) is 4. The van der Waals surface area contributed by atoms with Crippen molar-refractivity contribution in [2.24, 2.45) is 0 Å². The number of para-hydroxylation sites is 1. The fourth-order valence-electron chi connectivity index (χ4n) is 1.50. The highest BCUT2D eigenvalue weighted by molar-refractivity contribution is 9.10. The molecule has 0 radical (unpaired) electrons. The van der Waals surface area contributed by atoms with Crippen LogP contribution in [-0.2, 0) is 0 Å². The highest BCUT2D eigenvalue weighted by Crippen LogP contribution is 2.30. The quantitative estimate of drug-likeness (QED) is 0.807. The van der Waals surface area contributed by atoms with Crippen LogP contribution in [0.2, 0.25) is 0 Å². The SMILES string of the molecule is Nc1cc(C(=O)O)c(Nc2c(F)cccc2Br)cn1. The minimum Gasteiger partial charge on any atom is -0.478 e. The van der Waals surface area contributed by atoms with Crippen molar-refractivity contribution in [3.8, 4) is 0 Å². The van der Waals surface area contributed by atoms with Gasteiger partial charge in [-0.3, -0.25) is 0 Å². The number of nitrogens with one attached hydrogen (secondary N) is 1. The fourth-order valence-corrected chi connectivity index (χ4v) is 1.94. The average molecular weight is 326 g/mol. The molecule has 0 saturated carbocycles. The van der Waals surface area contributed by atoms with Crippen molar-refractivity contribution < 1.29 is 14.3 Å². The van der Waals surface area contributed by atoms with Crippen LogP contribution in [-0.4, -0.2) is 16.1 Å². The number of nitrogen functional groups attached to an aromatic ring is 1. The predicted molar refractivity (Wildman–Crippen MR) is 73.0 cm³/mol. The van der Waals surface area contributed by atoms with Gasteiger partial charge in [0, 0.05) is 4.47 Å². The zero-order valence-electron chi connectivity index (χ0n) is 9.52. The van der Waals surface area contributed by atoms with Crippen LogP contribution in [0.5, 0.6) is 0 Å². The van der Waals surface area contributed by atoms with Gasteiger partial charge in [-0.1, -0.05) is 6.07 Å². The average Bonchev–Trinajstić information content (AvgIpc) is 2.35. The number of anilines is 3. The Morgan fingerprint density at radius 1 is 1.47 bits per heavy atom. The van der Waals surface area contributed by atoms with E-state index in [0.29, 0.717) is 4.47 Å². The molecule has 0 bridgehead atoms. The molecule has 4 N–H and O–H groups in total. The number of rotatable bonds is 3. The van der Waals surface area contributed by atoms with E-state index in [4.69, 9.17) is 10.8 Å². The molecule has 2 aromatic rings. The Morgan fingerprint density at radius 3 is 2.84 bits per heavy atom. The number of carboxylic acids is 1. The smallest absolute Gasteiger partial charge is 0.338 e. The van der Waals surface area contributed by atoms with Gasteiger partial charge >= 0.3 is 5.97 Å². The van der Waals surface area contributed by atoms with E-state index in [9.17, 15) is 9.18 Å². The molecule has 2 rings (SSSR count). The Morgan fingerprint density at radius 2 is 2.21 bits per heavy atom. The van der Waals surface area contributed by atoms with Gasteiger partial charge in [-0.05, 0) is 34.1 Å². The second kappa shape index (κ2) is 5.23. The summed E-state index contributed by atoms with van der Waals surface area (Å²) in [5.74, 6) is -1.61. The van der Waals surface area contributed by atoms with Gasteiger partial charge in [0.25, 0.3) is 0 Å². The van der Waals surface area contributed by atoms with E-state index in [1.165, 1.54) is 24.4 Å². The standard InChI is InChI=1S/C12H9BrFN3O2/c13-7-2-1-3-8(14)11(7)17-9-5-16-10(15)4-6(9)12(18)19/h1-5,17H,(H2,15,16)(H,18,19). The molecule has 0 aliphatic carbocycles. The molecule has 0 aliphatic heterocycles. The molecule has 19 heavy (non-hydrogen) atoms. The van der Waals surface area contributed by atoms with Gasteiger partial charge in [0.2, 0.25) is 0 Å². The lowest BCUT2D eigenvalue weighted by atomic mass is 10.2. The molecule has 1 heterocycles. The summed E-state index contributed by atoms with van der Waals surface area (Å²) < 4.78 is 14.1. The summed E-state index contributed by atoms with van der Waals surface area (Å²) in [6.07, 6.45) is 1.25. The third-order valence-corrected chi connectivity index (χ3v) is 3.04. The van der Waals surface area contributed by atoms with Gasteiger partial charge in [-0.25, -0.2) is 14.2 Å². The fraction of sp³-hybridized carbons (Fsp3) is 0. The van der Waals surface area contributed by atoms with Crippen LogP contribution < -0.4 is 11.1 Å². The highest BCUT2D eigenvalue weighted by Gasteiger charge is 2.14. The van der Waals surface area contributed by atoms with Crippen molar-refractivity contribution in [3.63, 3.8) is 0 Å². The summed E-state index contributed by atoms with van der Waals surface area (Å²) in [4.78, 5) is 14.9. The van der Waals surface area contributed by atoms with Crippen LogP contribution >= 0.6 is 15.9 Å². The van der Waals surface area contributed by atoms with Gasteiger partial charge in [0.05, 0.1) is 23.1 Å². The molecule has 0 amide bonds. The number of halogens is 2. The summed E-state index contributed by atoms with van der Waals surface area (Å²) in [5, 5.41) is 11.8. The molecule has 0 unspecified atom stereocenters. The summed E-state index contributed by atoms with van der Waals surface area (Å²) in [5.41, 5.74) is 5.65. The van der Waals surface area contributed by atoms with Crippen LogP contribution in [0.4, 0.5) is 21.6 Å². The van der Waals surface area contributed by atoms with Gasteiger partial charge < -0.3 is 16.2 Å². The first-order valence-electron chi connectivity index (χ1n) is 5.19. The highest BCUT2D eigenvalue weighted by atomic mass is 79.9. The minimum atomic E-state index is -1.18. The predicted octanol–water partition coefficient (Wildman–Crippen LogP) is 3.01. The number of carbonyl (C=O) groups is 1. The first kappa shape index (κ1) is 13.3. The number of aromatic carboxylic acids is 1. The first-order valence-corrected chi connectivity index (χ1v) is 5.98. The second-order valence-corrected chi connectivity index (χ2v) is 4.54. The number of carboxylic acid groups (broad SMARTS) is 1. The zero-order valence-corrected chi connectivity index (χ0v) is 11.1. The summed E-state index contributed by atoms with van der Waals surface area (Å²) in [6.45, 7) is 0. The van der Waals surface area contributed by atoms with E-state index < -0.39 is 11.8 Å². The number of hydrogen-bond donors (Lipinski definition) is 3. The van der Waals surface area contributed by atoms with Gasteiger partial charge in [-0.2, -0.15) is 0 Å². The molecule has 0 fully saturated rings. The third-order valence-electron chi connectivity index (χ3n) is 2.38. The van der Waals surface area contributed by atoms with Gasteiger partial charge in [-0.15, -0.1) is 0 Å². The van der Waals surface area contributed by atoms with Gasteiger partial charge in [0.1, 0.15) is 11.6 Å². The lowest BCUT2D eigenvalue weighted by Crippen LogP contribution is -2.06. The Balaban J connectivity index is 2.47. The van der Waals surface area contributed by atoms with Crippen LogP contribution in [0.15, 0.2) is 34.9 Å². The van der Waals surface area contributed by atoms with E-state index in [1.54, 1.807) is 6.07 Å². The maximum Gasteiger partial charge on any atom is 0.338 e. The number of aromatic nitrogens is 1. The van der Waals surface area contributed by atoms with E-state index >= 15 is 0 Å². The van der Waals surface area contributed by atoms with Crippen LogP contribution in [0.1, 0.15) is 10.4 Å². The van der Waals surface area contributed by atoms with E-state index in [1.807, 2.05) is 0 Å². The zero-order chi connectivity index (χ0) is 14.0. The van der Waals surface area contributed by atoms with Crippen molar-refractivity contribution in [2.75, 3.05) is 11.1 Å². The molecule has 0 saturated heterocycles. The molecular weight excluding hydrogens is 317 g/mol. The Kier molecular flexibility index (Phi) is 3.66. The topological polar surface area (TPSA) is 88.2 Å². The third kappa shape index (κ3) is 2.82. The molecule has 5 nitrogen and oxygen atoms in total. The maximum absolute atomic E-state index is 13.7. The van der Waals surface area contributed by atoms with Crippen molar-refractivity contribution >= 4 is 39.1 Å². The number of benzene rings is 1. The minimum absolute atomic E-state index is 0.0792. The van der Waals surface area contributed by atoms with Crippen molar-refractivity contribution in [3.05, 3.63) is 46.3 Å². The monoisotopic (exact) mass is 325 g/mol. The number of nitrogens with two attached hydrogens (primary N) is 1. The molecule has 0 aliphatic rings. The summed E-state index contributed by atoms with van der Waals surface area (Å²) >= 11 is 3.19. The summed E-state index contributed by atoms with van der Waals surface area (Å²) in [6, 6.07) is 5.64. The Bertz CT molecular complexity index is 629. The lowest BCUT2D eigenvalue weighted by Gasteiger charge is -2.12.